The van der Waals surface area contributed by atoms with E-state index in [2.05, 4.69) is 44.9 Å². The number of nitrogens with zero attached hydrogens (tertiary/aromatic N) is 4. The van der Waals surface area contributed by atoms with Gasteiger partial charge in [-0.25, -0.2) is 4.79 Å². The molecule has 10 nitrogen and oxygen atoms in total. The van der Waals surface area contributed by atoms with Crippen molar-refractivity contribution in [1.29, 1.82) is 0 Å². The van der Waals surface area contributed by atoms with Gasteiger partial charge in [0.15, 0.2) is 5.65 Å². The van der Waals surface area contributed by atoms with Crippen molar-refractivity contribution in [1.82, 2.24) is 30.2 Å². The molecule has 33 heavy (non-hydrogen) atoms. The fourth-order valence-electron chi connectivity index (χ4n) is 3.63. The molecule has 1 amide bonds. The molecule has 0 aliphatic carbocycles. The van der Waals surface area contributed by atoms with Crippen LogP contribution < -0.4 is 25.4 Å². The van der Waals surface area contributed by atoms with Crippen LogP contribution in [0.1, 0.15) is 44.6 Å². The highest BCUT2D eigenvalue weighted by Gasteiger charge is 2.20. The average molecular weight is 454 g/mol. The minimum Gasteiger partial charge on any atom is -0.459 e. The third-order valence-electron chi connectivity index (χ3n) is 5.38. The summed E-state index contributed by atoms with van der Waals surface area (Å²) in [6.07, 6.45) is 4.13. The lowest BCUT2D eigenvalue weighted by atomic mass is 10.1. The molecule has 2 aromatic heterocycles. The fourth-order valence-corrected chi connectivity index (χ4v) is 3.63. The Morgan fingerprint density at radius 3 is 2.85 bits per heavy atom. The maximum Gasteiger partial charge on any atom is 0.412 e. The average Bonchev–Trinajstić information content (AvgIpc) is 3.24. The summed E-state index contributed by atoms with van der Waals surface area (Å²) in [4.78, 5) is 21.1. The van der Waals surface area contributed by atoms with Crippen LogP contribution in [0.4, 0.5) is 10.7 Å². The quantitative estimate of drug-likeness (QED) is 0.424. The van der Waals surface area contributed by atoms with E-state index in [1.165, 1.54) is 0 Å². The van der Waals surface area contributed by atoms with Crippen LogP contribution in [0.2, 0.25) is 0 Å². The number of ether oxygens (including phenoxy) is 2. The van der Waals surface area contributed by atoms with E-state index in [9.17, 15) is 4.79 Å². The molecule has 1 aliphatic heterocycles. The van der Waals surface area contributed by atoms with Gasteiger partial charge in [0.05, 0.1) is 6.20 Å². The van der Waals surface area contributed by atoms with Crippen molar-refractivity contribution < 1.29 is 14.3 Å². The monoisotopic (exact) mass is 453 g/mol. The van der Waals surface area contributed by atoms with Crippen molar-refractivity contribution >= 4 is 17.7 Å². The standard InChI is InChI=1S/C23H31N7O3/c1-16(2)19-15-27-30-20(19)28-22(32-18-10-6-11-24-14-18)29-21(30)25-12-7-13-26-23(31)33-17-8-4-3-5-9-17/h3-5,8-9,15-16,18,24H,6-7,10-14H2,1-2H3,(H,26,31)(H,25,28,29)/t18-/m1/s1. The number of anilines is 1. The maximum atomic E-state index is 11.9. The highest BCUT2D eigenvalue weighted by molar-refractivity contribution is 5.70. The molecular formula is C23H31N7O3. The summed E-state index contributed by atoms with van der Waals surface area (Å²) in [5, 5.41) is 13.9. The number of rotatable bonds is 9. The SMILES string of the molecule is CC(C)c1cnn2c(NCCCNC(=O)Oc3ccccc3)nc(O[C@@H]3CCCNC3)nc12. The third kappa shape index (κ3) is 6.10. The van der Waals surface area contributed by atoms with Gasteiger partial charge in [-0.3, -0.25) is 0 Å². The van der Waals surface area contributed by atoms with Crippen LogP contribution in [0.5, 0.6) is 11.8 Å². The first kappa shape index (κ1) is 22.8. The van der Waals surface area contributed by atoms with Crippen LogP contribution in [0.3, 0.4) is 0 Å². The molecule has 1 aromatic carbocycles. The van der Waals surface area contributed by atoms with E-state index in [1.54, 1.807) is 16.6 Å². The Morgan fingerprint density at radius 2 is 2.09 bits per heavy atom. The Kier molecular flexibility index (Phi) is 7.56. The van der Waals surface area contributed by atoms with E-state index in [0.29, 0.717) is 37.2 Å². The van der Waals surface area contributed by atoms with E-state index in [1.807, 2.05) is 24.4 Å². The molecule has 1 saturated heterocycles. The number of amides is 1. The van der Waals surface area contributed by atoms with Crippen molar-refractivity contribution in [2.45, 2.75) is 45.1 Å². The van der Waals surface area contributed by atoms with Gasteiger partial charge in [0, 0.05) is 25.2 Å². The van der Waals surface area contributed by atoms with E-state index < -0.39 is 6.09 Å². The molecule has 4 rings (SSSR count). The molecule has 3 aromatic rings. The molecule has 1 atom stereocenters. The number of aromatic nitrogens is 4. The lowest BCUT2D eigenvalue weighted by Gasteiger charge is -2.23. The van der Waals surface area contributed by atoms with Crippen molar-refractivity contribution in [3.63, 3.8) is 0 Å². The van der Waals surface area contributed by atoms with Gasteiger partial charge >= 0.3 is 12.1 Å². The minimum absolute atomic E-state index is 0.0549. The molecule has 0 saturated carbocycles. The van der Waals surface area contributed by atoms with Gasteiger partial charge in [0.1, 0.15) is 11.9 Å². The summed E-state index contributed by atoms with van der Waals surface area (Å²) in [7, 11) is 0. The first-order chi connectivity index (χ1) is 16.1. The Labute approximate surface area is 193 Å². The van der Waals surface area contributed by atoms with Crippen LogP contribution in [0.25, 0.3) is 5.65 Å². The second kappa shape index (κ2) is 11.0. The van der Waals surface area contributed by atoms with Gasteiger partial charge < -0.3 is 25.4 Å². The highest BCUT2D eigenvalue weighted by atomic mass is 16.6. The predicted molar refractivity (Wildman–Crippen MR) is 125 cm³/mol. The van der Waals surface area contributed by atoms with E-state index in [0.717, 1.165) is 37.1 Å². The fraction of sp³-hybridized carbons (Fsp3) is 0.478. The van der Waals surface area contributed by atoms with E-state index in [-0.39, 0.29) is 12.0 Å². The van der Waals surface area contributed by atoms with Crippen LogP contribution in [0, 0.1) is 0 Å². The number of fused-ring (bicyclic) bond motifs is 1. The first-order valence-electron chi connectivity index (χ1n) is 11.5. The smallest absolute Gasteiger partial charge is 0.412 e. The second-order valence-electron chi connectivity index (χ2n) is 8.32. The number of carbonyl (C=O) groups excluding carboxylic acids is 1. The van der Waals surface area contributed by atoms with Gasteiger partial charge in [-0.05, 0) is 43.9 Å². The van der Waals surface area contributed by atoms with Crippen molar-refractivity contribution in [3.8, 4) is 11.8 Å². The number of para-hydroxylation sites is 1. The zero-order chi connectivity index (χ0) is 23.0. The molecule has 176 valence electrons. The number of piperidine rings is 1. The minimum atomic E-state index is -0.476. The third-order valence-corrected chi connectivity index (χ3v) is 5.38. The Balaban J connectivity index is 1.36. The molecule has 3 heterocycles. The predicted octanol–water partition coefficient (Wildman–Crippen LogP) is 2.97. The number of carbonyl (C=O) groups is 1. The van der Waals surface area contributed by atoms with Gasteiger partial charge in [0.25, 0.3) is 0 Å². The summed E-state index contributed by atoms with van der Waals surface area (Å²) >= 11 is 0. The number of nitrogens with one attached hydrogen (secondary N) is 3. The van der Waals surface area contributed by atoms with Crippen molar-refractivity contribution in [2.75, 3.05) is 31.5 Å². The first-order valence-corrected chi connectivity index (χ1v) is 11.5. The summed E-state index contributed by atoms with van der Waals surface area (Å²) in [6.45, 7) is 7.06. The van der Waals surface area contributed by atoms with Crippen molar-refractivity contribution in [2.24, 2.45) is 0 Å². The van der Waals surface area contributed by atoms with Gasteiger partial charge in [-0.1, -0.05) is 32.0 Å². The second-order valence-corrected chi connectivity index (χ2v) is 8.32. The topological polar surface area (TPSA) is 115 Å². The maximum absolute atomic E-state index is 11.9. The number of benzene rings is 1. The van der Waals surface area contributed by atoms with Crippen LogP contribution in [-0.4, -0.2) is 58.0 Å². The van der Waals surface area contributed by atoms with Gasteiger partial charge in [-0.15, -0.1) is 0 Å². The van der Waals surface area contributed by atoms with Crippen molar-refractivity contribution in [3.05, 3.63) is 42.1 Å². The number of hydrogen-bond acceptors (Lipinski definition) is 8. The zero-order valence-corrected chi connectivity index (χ0v) is 19.1. The molecule has 0 unspecified atom stereocenters. The summed E-state index contributed by atoms with van der Waals surface area (Å²) in [5.74, 6) is 1.35. The molecule has 3 N–H and O–H groups in total. The lowest BCUT2D eigenvalue weighted by molar-refractivity contribution is 0.153. The molecule has 1 fully saturated rings. The Hall–Kier alpha value is -3.40. The van der Waals surface area contributed by atoms with Crippen LogP contribution >= 0.6 is 0 Å². The van der Waals surface area contributed by atoms with Gasteiger partial charge in [0.2, 0.25) is 5.95 Å². The molecular weight excluding hydrogens is 422 g/mol. The van der Waals surface area contributed by atoms with Crippen LogP contribution in [-0.2, 0) is 0 Å². The van der Waals surface area contributed by atoms with Crippen LogP contribution in [0.15, 0.2) is 36.5 Å². The molecule has 0 radical (unpaired) electrons. The highest BCUT2D eigenvalue weighted by Crippen LogP contribution is 2.23. The Bertz CT molecular complexity index is 1050. The molecule has 1 aliphatic rings. The lowest BCUT2D eigenvalue weighted by Crippen LogP contribution is -2.37. The summed E-state index contributed by atoms with van der Waals surface area (Å²) in [6, 6.07) is 9.33. The van der Waals surface area contributed by atoms with Gasteiger partial charge in [-0.2, -0.15) is 19.6 Å². The largest absolute Gasteiger partial charge is 0.459 e. The molecule has 10 heteroatoms. The summed E-state index contributed by atoms with van der Waals surface area (Å²) < 4.78 is 13.0. The summed E-state index contributed by atoms with van der Waals surface area (Å²) in [5.41, 5.74) is 1.78. The molecule has 0 bridgehead atoms. The normalized spacial score (nSPS) is 16.0. The Morgan fingerprint density at radius 1 is 1.24 bits per heavy atom. The zero-order valence-electron chi connectivity index (χ0n) is 19.1. The molecule has 0 spiro atoms. The van der Waals surface area contributed by atoms with E-state index in [4.69, 9.17) is 9.47 Å². The van der Waals surface area contributed by atoms with E-state index >= 15 is 0 Å². The number of hydrogen-bond donors (Lipinski definition) is 3.